The topological polar surface area (TPSA) is 56.2 Å². The summed E-state index contributed by atoms with van der Waals surface area (Å²) in [6.45, 7) is 0.958. The number of rotatable bonds is 7. The maximum absolute atomic E-state index is 12.7. The summed E-state index contributed by atoms with van der Waals surface area (Å²) in [5.74, 6) is 0.708. The van der Waals surface area contributed by atoms with Crippen LogP contribution < -0.4 is 10.1 Å². The summed E-state index contributed by atoms with van der Waals surface area (Å²) in [6, 6.07) is 13.7. The Hall–Kier alpha value is -2.80. The second-order valence-electron chi connectivity index (χ2n) is 8.02. The van der Waals surface area contributed by atoms with Crippen molar-refractivity contribution in [3.8, 4) is 5.75 Å². The Morgan fingerprint density at radius 2 is 1.94 bits per heavy atom. The van der Waals surface area contributed by atoms with E-state index in [-0.39, 0.29) is 5.91 Å². The van der Waals surface area contributed by atoms with Crippen LogP contribution in [0, 0.1) is 0 Å². The zero-order chi connectivity index (χ0) is 22.8. The van der Waals surface area contributed by atoms with E-state index in [4.69, 9.17) is 27.9 Å². The molecule has 5 nitrogen and oxygen atoms in total. The fourth-order valence-electron chi connectivity index (χ4n) is 3.91. The first-order chi connectivity index (χ1) is 16.0. The minimum absolute atomic E-state index is 0.169. The highest BCUT2D eigenvalue weighted by Gasteiger charge is 2.13. The van der Waals surface area contributed by atoms with Crippen LogP contribution in [0.5, 0.6) is 5.75 Å². The Balaban J connectivity index is 1.17. The molecule has 0 unspecified atom stereocenters. The number of nitrogens with zero attached hydrogens (tertiary/aromatic N) is 2. The molecule has 0 saturated heterocycles. The number of nitrogens with one attached hydrogen (secondary N) is 1. The molecule has 0 bridgehead atoms. The van der Waals surface area contributed by atoms with Crippen molar-refractivity contribution in [2.45, 2.75) is 32.4 Å². The van der Waals surface area contributed by atoms with Gasteiger partial charge in [0, 0.05) is 11.8 Å². The van der Waals surface area contributed by atoms with Crippen molar-refractivity contribution in [1.29, 1.82) is 0 Å². The Labute approximate surface area is 205 Å². The van der Waals surface area contributed by atoms with Gasteiger partial charge in [0.25, 0.3) is 5.91 Å². The Bertz CT molecular complexity index is 1310. The average Bonchev–Trinajstić information content (AvgIpc) is 3.55. The Morgan fingerprint density at radius 3 is 2.82 bits per heavy atom. The number of halogens is 2. The summed E-state index contributed by atoms with van der Waals surface area (Å²) >= 11 is 13.4. The molecule has 168 valence electrons. The number of hydrogen-bond donors (Lipinski definition) is 1. The van der Waals surface area contributed by atoms with Gasteiger partial charge < -0.3 is 10.1 Å². The van der Waals surface area contributed by atoms with Crippen molar-refractivity contribution < 1.29 is 9.53 Å². The summed E-state index contributed by atoms with van der Waals surface area (Å²) in [7, 11) is 0. The number of ether oxygens (including phenoxy) is 1. The predicted octanol–water partition coefficient (Wildman–Crippen LogP) is 6.62. The monoisotopic (exact) mass is 497 g/mol. The molecule has 2 aromatic carbocycles. The van der Waals surface area contributed by atoms with Gasteiger partial charge in [-0.05, 0) is 71.7 Å². The van der Waals surface area contributed by atoms with Crippen LogP contribution in [0.4, 0.5) is 5.69 Å². The number of aromatic nitrogens is 2. The Morgan fingerprint density at radius 1 is 1.06 bits per heavy atom. The molecule has 2 heterocycles. The van der Waals surface area contributed by atoms with Crippen molar-refractivity contribution in [2.75, 3.05) is 5.32 Å². The van der Waals surface area contributed by atoms with Crippen LogP contribution in [-0.2, 0) is 26.0 Å². The molecule has 0 radical (unpaired) electrons. The van der Waals surface area contributed by atoms with Gasteiger partial charge in [-0.1, -0.05) is 35.3 Å². The molecular formula is C25H21Cl2N3O2S. The van der Waals surface area contributed by atoms with Crippen LogP contribution in [0.25, 0.3) is 0 Å². The summed E-state index contributed by atoms with van der Waals surface area (Å²) in [5, 5.41) is 10.2. The second-order valence-corrected chi connectivity index (χ2v) is 9.75. The zero-order valence-electron chi connectivity index (χ0n) is 17.7. The highest BCUT2D eigenvalue weighted by atomic mass is 35.5. The van der Waals surface area contributed by atoms with E-state index in [1.807, 2.05) is 29.6 Å². The van der Waals surface area contributed by atoms with E-state index >= 15 is 0 Å². The van der Waals surface area contributed by atoms with Gasteiger partial charge in [-0.3, -0.25) is 9.48 Å². The summed E-state index contributed by atoms with van der Waals surface area (Å²) in [4.78, 5) is 13.3. The number of anilines is 1. The molecule has 2 aromatic heterocycles. The molecule has 1 aliphatic carbocycles. The standard InChI is InChI=1S/C25H21Cl2N3O2S/c26-22-7-4-16(8-23(22)27)12-30-13-20(11-28-30)29-25(31)24-9-17(15-33-24)14-32-21-6-5-18-2-1-3-19(18)10-21/h4-11,13,15H,1-3,12,14H2,(H,29,31). The van der Waals surface area contributed by atoms with Gasteiger partial charge in [0.05, 0.1) is 33.4 Å². The van der Waals surface area contributed by atoms with Crippen molar-refractivity contribution in [3.05, 3.63) is 97.4 Å². The molecule has 4 aromatic rings. The first kappa shape index (κ1) is 22.0. The number of carbonyl (C=O) groups is 1. The molecule has 1 N–H and O–H groups in total. The quantitative estimate of drug-likeness (QED) is 0.312. The molecule has 1 amide bonds. The highest BCUT2D eigenvalue weighted by Crippen LogP contribution is 2.27. The van der Waals surface area contributed by atoms with Crippen molar-refractivity contribution in [1.82, 2.24) is 9.78 Å². The number of fused-ring (bicyclic) bond motifs is 1. The van der Waals surface area contributed by atoms with E-state index < -0.39 is 0 Å². The molecule has 5 rings (SSSR count). The second kappa shape index (κ2) is 9.59. The van der Waals surface area contributed by atoms with Crippen molar-refractivity contribution in [3.63, 3.8) is 0 Å². The van der Waals surface area contributed by atoms with Crippen molar-refractivity contribution in [2.24, 2.45) is 0 Å². The minimum Gasteiger partial charge on any atom is -0.489 e. The lowest BCUT2D eigenvalue weighted by Crippen LogP contribution is -2.09. The van der Waals surface area contributed by atoms with Gasteiger partial charge in [0.1, 0.15) is 12.4 Å². The van der Waals surface area contributed by atoms with Gasteiger partial charge >= 0.3 is 0 Å². The third-order valence-electron chi connectivity index (χ3n) is 5.57. The van der Waals surface area contributed by atoms with E-state index in [1.165, 1.54) is 28.9 Å². The molecule has 1 aliphatic rings. The first-order valence-corrected chi connectivity index (χ1v) is 12.3. The largest absolute Gasteiger partial charge is 0.489 e. The summed E-state index contributed by atoms with van der Waals surface area (Å²) in [6.07, 6.45) is 6.91. The van der Waals surface area contributed by atoms with Crippen LogP contribution in [-0.4, -0.2) is 15.7 Å². The molecule has 0 aliphatic heterocycles. The fraction of sp³-hybridized carbons (Fsp3) is 0.200. The molecule has 0 atom stereocenters. The van der Waals surface area contributed by atoms with E-state index in [0.717, 1.165) is 29.7 Å². The van der Waals surface area contributed by atoms with Crippen LogP contribution in [0.1, 0.15) is 38.3 Å². The normalized spacial score (nSPS) is 12.5. The lowest BCUT2D eigenvalue weighted by atomic mass is 10.1. The first-order valence-electron chi connectivity index (χ1n) is 10.6. The molecule has 0 fully saturated rings. The van der Waals surface area contributed by atoms with Crippen LogP contribution in [0.2, 0.25) is 10.0 Å². The lowest BCUT2D eigenvalue weighted by Gasteiger charge is -2.07. The maximum Gasteiger partial charge on any atom is 0.265 e. The number of benzene rings is 2. The van der Waals surface area contributed by atoms with Gasteiger partial charge in [-0.2, -0.15) is 5.10 Å². The fourth-order valence-corrected chi connectivity index (χ4v) is 5.02. The molecule has 33 heavy (non-hydrogen) atoms. The number of hydrogen-bond acceptors (Lipinski definition) is 4. The minimum atomic E-state index is -0.169. The smallest absolute Gasteiger partial charge is 0.265 e. The summed E-state index contributed by atoms with van der Waals surface area (Å²) in [5.41, 5.74) is 5.39. The predicted molar refractivity (Wildman–Crippen MR) is 133 cm³/mol. The van der Waals surface area contributed by atoms with Gasteiger partial charge in [0.2, 0.25) is 0 Å². The van der Waals surface area contributed by atoms with Gasteiger partial charge in [-0.25, -0.2) is 0 Å². The van der Waals surface area contributed by atoms with Crippen LogP contribution in [0.15, 0.2) is 60.2 Å². The van der Waals surface area contributed by atoms with E-state index in [9.17, 15) is 4.79 Å². The number of carbonyl (C=O) groups excluding carboxylic acids is 1. The van der Waals surface area contributed by atoms with Crippen molar-refractivity contribution >= 4 is 46.1 Å². The van der Waals surface area contributed by atoms with E-state index in [1.54, 1.807) is 23.1 Å². The zero-order valence-corrected chi connectivity index (χ0v) is 20.0. The SMILES string of the molecule is O=C(Nc1cnn(Cc2ccc(Cl)c(Cl)c2)c1)c1cc(COc2ccc3c(c2)CCC3)cs1. The molecule has 8 heteroatoms. The number of thiophene rings is 1. The lowest BCUT2D eigenvalue weighted by molar-refractivity contribution is 0.103. The molecule has 0 spiro atoms. The number of aryl methyl sites for hydroxylation is 2. The third-order valence-corrected chi connectivity index (χ3v) is 7.29. The van der Waals surface area contributed by atoms with Crippen LogP contribution in [0.3, 0.4) is 0 Å². The Kier molecular flexibility index (Phi) is 6.40. The molecular weight excluding hydrogens is 477 g/mol. The number of amides is 1. The van der Waals surface area contributed by atoms with Gasteiger partial charge in [0.15, 0.2) is 0 Å². The average molecular weight is 498 g/mol. The third kappa shape index (κ3) is 5.24. The van der Waals surface area contributed by atoms with Gasteiger partial charge in [-0.15, -0.1) is 11.3 Å². The van der Waals surface area contributed by atoms with E-state index in [2.05, 4.69) is 22.5 Å². The molecule has 0 saturated carbocycles. The van der Waals surface area contributed by atoms with Crippen LogP contribution >= 0.6 is 34.5 Å². The summed E-state index contributed by atoms with van der Waals surface area (Å²) < 4.78 is 7.68. The maximum atomic E-state index is 12.7. The van der Waals surface area contributed by atoms with E-state index in [0.29, 0.717) is 33.8 Å². The highest BCUT2D eigenvalue weighted by molar-refractivity contribution is 7.12.